The molecule has 4 rings (SSSR count). The van der Waals surface area contributed by atoms with Crippen LogP contribution in [0.5, 0.6) is 11.5 Å². The van der Waals surface area contributed by atoms with Crippen molar-refractivity contribution in [3.05, 3.63) is 60.2 Å². The number of rotatable bonds is 9. The van der Waals surface area contributed by atoms with Crippen molar-refractivity contribution in [1.29, 1.82) is 0 Å². The van der Waals surface area contributed by atoms with Crippen LogP contribution in [0.3, 0.4) is 0 Å². The second-order valence-electron chi connectivity index (χ2n) is 10.4. The molecule has 2 aromatic carbocycles. The van der Waals surface area contributed by atoms with Crippen LogP contribution >= 0.6 is 0 Å². The highest BCUT2D eigenvalue weighted by atomic mass is 16.5. The number of piperidine rings is 1. The highest BCUT2D eigenvalue weighted by Gasteiger charge is 2.44. The first kappa shape index (κ1) is 25.2. The molecule has 0 bridgehead atoms. The summed E-state index contributed by atoms with van der Waals surface area (Å²) >= 11 is 0. The van der Waals surface area contributed by atoms with Gasteiger partial charge in [0.05, 0.1) is 0 Å². The third-order valence-electron chi connectivity index (χ3n) is 7.06. The number of ether oxygens (including phenoxy) is 1. The fraction of sp³-hybridized carbons (Fsp3) is 0.500. The number of para-hydroxylation sites is 1. The van der Waals surface area contributed by atoms with Crippen LogP contribution in [0.15, 0.2) is 59.6 Å². The zero-order chi connectivity index (χ0) is 25.0. The summed E-state index contributed by atoms with van der Waals surface area (Å²) in [6, 6.07) is 17.3. The highest BCUT2D eigenvalue weighted by molar-refractivity contribution is 6.06. The molecule has 0 spiro atoms. The Bertz CT molecular complexity index is 1020. The van der Waals surface area contributed by atoms with Gasteiger partial charge in [0.25, 0.3) is 5.91 Å². The van der Waals surface area contributed by atoms with Gasteiger partial charge in [0.1, 0.15) is 23.3 Å². The fourth-order valence-corrected chi connectivity index (χ4v) is 5.24. The number of benzene rings is 2. The molecule has 0 aromatic heterocycles. The first-order valence-corrected chi connectivity index (χ1v) is 12.7. The van der Waals surface area contributed by atoms with Crippen molar-refractivity contribution < 1.29 is 14.6 Å². The Hall–Kier alpha value is -2.90. The lowest BCUT2D eigenvalue weighted by Crippen LogP contribution is -2.45. The van der Waals surface area contributed by atoms with E-state index in [0.29, 0.717) is 30.8 Å². The Morgan fingerprint density at radius 1 is 1.09 bits per heavy atom. The number of nitrogens with zero attached hydrogens (tertiary/aromatic N) is 3. The summed E-state index contributed by atoms with van der Waals surface area (Å²) in [4.78, 5) is 21.2. The maximum absolute atomic E-state index is 13.0. The molecule has 2 aliphatic heterocycles. The van der Waals surface area contributed by atoms with Gasteiger partial charge in [-0.3, -0.25) is 14.6 Å². The second kappa shape index (κ2) is 10.8. The summed E-state index contributed by atoms with van der Waals surface area (Å²) in [5, 5.41) is 10.9. The summed E-state index contributed by atoms with van der Waals surface area (Å²) < 4.78 is 5.85. The molecule has 7 nitrogen and oxygen atoms in total. The normalized spacial score (nSPS) is 22.5. The predicted octanol–water partition coefficient (Wildman–Crippen LogP) is 4.53. The standard InChI is InChI=1S/C28H38N4O3/c1-20(2)19-28(3)26(34)32(27(29)30-28)18-15-21-13-16-31(17-14-21)25(33)22-9-11-24(12-10-22)35-23-7-5-4-6-8-23/h4-12,20-21,25,33H,13-19H2,1-3H3,(H2,29,30). The molecule has 1 amide bonds. The van der Waals surface area contributed by atoms with E-state index in [9.17, 15) is 9.90 Å². The molecular weight excluding hydrogens is 440 g/mol. The van der Waals surface area contributed by atoms with Gasteiger partial charge in [0.15, 0.2) is 5.96 Å². The highest BCUT2D eigenvalue weighted by Crippen LogP contribution is 2.31. The van der Waals surface area contributed by atoms with Crippen molar-refractivity contribution in [1.82, 2.24) is 9.80 Å². The van der Waals surface area contributed by atoms with Gasteiger partial charge in [-0.2, -0.15) is 0 Å². The smallest absolute Gasteiger partial charge is 0.257 e. The van der Waals surface area contributed by atoms with Crippen LogP contribution < -0.4 is 10.5 Å². The Kier molecular flexibility index (Phi) is 7.77. The van der Waals surface area contributed by atoms with Crippen LogP contribution in [-0.2, 0) is 4.79 Å². The topological polar surface area (TPSA) is 91.4 Å². The van der Waals surface area contributed by atoms with Crippen molar-refractivity contribution in [2.24, 2.45) is 22.6 Å². The third kappa shape index (κ3) is 6.03. The Labute approximate surface area is 208 Å². The molecule has 1 fully saturated rings. The van der Waals surface area contributed by atoms with Crippen LogP contribution in [0.4, 0.5) is 0 Å². The van der Waals surface area contributed by atoms with E-state index in [1.165, 1.54) is 0 Å². The number of likely N-dealkylation sites (tertiary alicyclic amines) is 1. The Morgan fingerprint density at radius 2 is 1.71 bits per heavy atom. The Balaban J connectivity index is 1.24. The van der Waals surface area contributed by atoms with E-state index in [2.05, 4.69) is 23.7 Å². The zero-order valence-electron chi connectivity index (χ0n) is 21.1. The van der Waals surface area contributed by atoms with Crippen LogP contribution in [0.1, 0.15) is 58.2 Å². The number of aliphatic imine (C=N–C) groups is 1. The first-order chi connectivity index (χ1) is 16.7. The molecule has 3 N–H and O–H groups in total. The lowest BCUT2D eigenvalue weighted by molar-refractivity contribution is -0.131. The summed E-state index contributed by atoms with van der Waals surface area (Å²) in [5.41, 5.74) is 6.25. The van der Waals surface area contributed by atoms with Crippen LogP contribution in [-0.4, -0.2) is 51.9 Å². The quantitative estimate of drug-likeness (QED) is 0.552. The van der Waals surface area contributed by atoms with Gasteiger partial charge in [-0.1, -0.05) is 44.2 Å². The van der Waals surface area contributed by atoms with E-state index in [1.807, 2.05) is 61.5 Å². The first-order valence-electron chi connectivity index (χ1n) is 12.7. The second-order valence-corrected chi connectivity index (χ2v) is 10.4. The average molecular weight is 479 g/mol. The molecule has 0 radical (unpaired) electrons. The van der Waals surface area contributed by atoms with E-state index in [-0.39, 0.29) is 5.91 Å². The molecule has 7 heteroatoms. The van der Waals surface area contributed by atoms with E-state index in [1.54, 1.807) is 4.90 Å². The summed E-state index contributed by atoms with van der Waals surface area (Å²) in [6.07, 6.45) is 2.93. The molecule has 0 aliphatic carbocycles. The largest absolute Gasteiger partial charge is 0.457 e. The average Bonchev–Trinajstić information content (AvgIpc) is 3.05. The maximum Gasteiger partial charge on any atom is 0.257 e. The SMILES string of the molecule is CC(C)CC1(C)N=C(N)N(CCC2CCN(C(O)c3ccc(Oc4ccccc4)cc3)CC2)C1=O. The molecule has 2 atom stereocenters. The van der Waals surface area contributed by atoms with E-state index in [0.717, 1.165) is 49.4 Å². The van der Waals surface area contributed by atoms with Gasteiger partial charge < -0.3 is 15.6 Å². The molecule has 35 heavy (non-hydrogen) atoms. The van der Waals surface area contributed by atoms with Gasteiger partial charge in [-0.25, -0.2) is 4.99 Å². The summed E-state index contributed by atoms with van der Waals surface area (Å²) in [6.45, 7) is 8.33. The monoisotopic (exact) mass is 478 g/mol. The van der Waals surface area contributed by atoms with Gasteiger partial charge in [0, 0.05) is 19.6 Å². The Morgan fingerprint density at radius 3 is 2.34 bits per heavy atom. The van der Waals surface area contributed by atoms with E-state index >= 15 is 0 Å². The van der Waals surface area contributed by atoms with Gasteiger partial charge in [-0.05, 0) is 74.3 Å². The predicted molar refractivity (Wildman–Crippen MR) is 138 cm³/mol. The van der Waals surface area contributed by atoms with Crippen LogP contribution in [0, 0.1) is 11.8 Å². The van der Waals surface area contributed by atoms with Crippen molar-refractivity contribution >= 4 is 11.9 Å². The number of aliphatic hydroxyl groups excluding tert-OH is 1. The fourth-order valence-electron chi connectivity index (χ4n) is 5.24. The lowest BCUT2D eigenvalue weighted by Gasteiger charge is -2.35. The minimum absolute atomic E-state index is 0.0243. The summed E-state index contributed by atoms with van der Waals surface area (Å²) in [7, 11) is 0. The van der Waals surface area contributed by atoms with Gasteiger partial charge in [-0.15, -0.1) is 0 Å². The van der Waals surface area contributed by atoms with Crippen LogP contribution in [0.25, 0.3) is 0 Å². The number of carbonyl (C=O) groups is 1. The summed E-state index contributed by atoms with van der Waals surface area (Å²) in [5.74, 6) is 2.79. The number of amides is 1. The minimum atomic E-state index is -0.729. The number of nitrogens with two attached hydrogens (primary N) is 1. The van der Waals surface area contributed by atoms with Crippen molar-refractivity contribution in [2.75, 3.05) is 19.6 Å². The molecule has 2 heterocycles. The lowest BCUT2D eigenvalue weighted by atomic mass is 9.90. The minimum Gasteiger partial charge on any atom is -0.457 e. The van der Waals surface area contributed by atoms with Crippen molar-refractivity contribution in [3.8, 4) is 11.5 Å². The van der Waals surface area contributed by atoms with Crippen LogP contribution in [0.2, 0.25) is 0 Å². The molecule has 2 aliphatic rings. The van der Waals surface area contributed by atoms with Gasteiger partial charge >= 0.3 is 0 Å². The number of carbonyl (C=O) groups excluding carboxylic acids is 1. The van der Waals surface area contributed by atoms with E-state index in [4.69, 9.17) is 10.5 Å². The molecule has 1 saturated heterocycles. The molecule has 0 saturated carbocycles. The third-order valence-corrected chi connectivity index (χ3v) is 7.06. The number of aliphatic hydroxyl groups is 1. The number of guanidine groups is 1. The molecule has 2 unspecified atom stereocenters. The van der Waals surface area contributed by atoms with Crippen molar-refractivity contribution in [3.63, 3.8) is 0 Å². The number of hydrogen-bond donors (Lipinski definition) is 2. The molecular formula is C28H38N4O3. The molecule has 188 valence electrons. The zero-order valence-corrected chi connectivity index (χ0v) is 21.1. The molecule has 2 aromatic rings. The van der Waals surface area contributed by atoms with Crippen molar-refractivity contribution in [2.45, 2.75) is 58.2 Å². The maximum atomic E-state index is 13.0. The van der Waals surface area contributed by atoms with Gasteiger partial charge in [0.2, 0.25) is 0 Å². The number of hydrogen-bond acceptors (Lipinski definition) is 6. The van der Waals surface area contributed by atoms with E-state index < -0.39 is 11.8 Å².